The number of carbonyl (C=O) groups excluding carboxylic acids is 2. The number of amides is 2. The highest BCUT2D eigenvalue weighted by atomic mass is 32.2. The molecular formula is C17H16N2O2S. The van der Waals surface area contributed by atoms with Crippen LogP contribution in [0.4, 0.5) is 4.79 Å². The lowest BCUT2D eigenvalue weighted by molar-refractivity contribution is -0.115. The lowest BCUT2D eigenvalue weighted by Crippen LogP contribution is -2.17. The molecule has 112 valence electrons. The number of aryl methyl sites for hydroxylation is 2. The third-order valence-electron chi connectivity index (χ3n) is 3.66. The molecule has 5 heteroatoms. The Balaban J connectivity index is 2.06. The lowest BCUT2D eigenvalue weighted by Gasteiger charge is -2.10. The van der Waals surface area contributed by atoms with Crippen molar-refractivity contribution in [3.05, 3.63) is 57.8 Å². The molecule has 2 heterocycles. The van der Waals surface area contributed by atoms with Crippen LogP contribution in [0.5, 0.6) is 0 Å². The van der Waals surface area contributed by atoms with Crippen LogP contribution in [-0.4, -0.2) is 15.7 Å². The van der Waals surface area contributed by atoms with Crippen molar-refractivity contribution in [3.8, 4) is 5.69 Å². The van der Waals surface area contributed by atoms with Gasteiger partial charge in [-0.3, -0.25) is 14.9 Å². The van der Waals surface area contributed by atoms with E-state index in [0.29, 0.717) is 4.91 Å². The fourth-order valence-electron chi connectivity index (χ4n) is 2.66. The molecule has 0 aliphatic carbocycles. The molecule has 2 amide bonds. The summed E-state index contributed by atoms with van der Waals surface area (Å²) < 4.78 is 2.15. The monoisotopic (exact) mass is 312 g/mol. The Morgan fingerprint density at radius 1 is 1.14 bits per heavy atom. The Kier molecular flexibility index (Phi) is 3.66. The largest absolute Gasteiger partial charge is 0.318 e. The van der Waals surface area contributed by atoms with Crippen molar-refractivity contribution in [2.24, 2.45) is 0 Å². The normalized spacial score (nSPS) is 16.4. The Bertz CT molecular complexity index is 818. The summed E-state index contributed by atoms with van der Waals surface area (Å²) in [6, 6.07) is 10.3. The van der Waals surface area contributed by atoms with Gasteiger partial charge in [0.2, 0.25) is 0 Å². The van der Waals surface area contributed by atoms with E-state index in [1.54, 1.807) is 6.08 Å². The van der Waals surface area contributed by atoms with E-state index in [9.17, 15) is 9.59 Å². The molecule has 1 aromatic carbocycles. The van der Waals surface area contributed by atoms with E-state index < -0.39 is 0 Å². The quantitative estimate of drug-likeness (QED) is 0.860. The molecule has 3 rings (SSSR count). The van der Waals surface area contributed by atoms with Gasteiger partial charge in [-0.05, 0) is 67.9 Å². The highest BCUT2D eigenvalue weighted by Gasteiger charge is 2.25. The number of thioether (sulfide) groups is 1. The number of imide groups is 1. The van der Waals surface area contributed by atoms with Crippen molar-refractivity contribution in [1.82, 2.24) is 9.88 Å². The standard InChI is InChI=1S/C17H16N2O2S/c1-10-5-4-6-14(7-10)19-11(2)8-13(12(19)3)9-15-16(20)18-17(21)22-15/h4-9H,1-3H3,(H,18,20,21)/b15-9+. The van der Waals surface area contributed by atoms with Crippen molar-refractivity contribution in [1.29, 1.82) is 0 Å². The summed E-state index contributed by atoms with van der Waals surface area (Å²) >= 11 is 0.943. The third kappa shape index (κ3) is 2.60. The molecule has 0 saturated carbocycles. The Morgan fingerprint density at radius 3 is 2.55 bits per heavy atom. The van der Waals surface area contributed by atoms with E-state index in [-0.39, 0.29) is 11.1 Å². The van der Waals surface area contributed by atoms with Crippen LogP contribution in [0.1, 0.15) is 22.5 Å². The molecule has 0 unspecified atom stereocenters. The second-order valence-electron chi connectivity index (χ2n) is 5.35. The number of nitrogens with zero attached hydrogens (tertiary/aromatic N) is 1. The average molecular weight is 312 g/mol. The summed E-state index contributed by atoms with van der Waals surface area (Å²) in [5.41, 5.74) is 5.37. The predicted molar refractivity (Wildman–Crippen MR) is 89.1 cm³/mol. The van der Waals surface area contributed by atoms with E-state index in [1.807, 2.05) is 26.0 Å². The minimum atomic E-state index is -0.324. The molecule has 1 aliphatic rings. The van der Waals surface area contributed by atoms with Gasteiger partial charge in [-0.2, -0.15) is 0 Å². The Hall–Kier alpha value is -2.27. The van der Waals surface area contributed by atoms with Crippen LogP contribution in [0.25, 0.3) is 11.8 Å². The summed E-state index contributed by atoms with van der Waals surface area (Å²) in [5.74, 6) is -0.324. The van der Waals surface area contributed by atoms with Gasteiger partial charge in [0.1, 0.15) is 0 Å². The molecule has 0 radical (unpaired) electrons. The van der Waals surface area contributed by atoms with Crippen molar-refractivity contribution in [3.63, 3.8) is 0 Å². The minimum Gasteiger partial charge on any atom is -0.318 e. The SMILES string of the molecule is Cc1cccc(-n2c(C)cc(/C=C3/SC(=O)NC3=O)c2C)c1. The summed E-state index contributed by atoms with van der Waals surface area (Å²) in [4.78, 5) is 23.4. The molecule has 0 bridgehead atoms. The highest BCUT2D eigenvalue weighted by molar-refractivity contribution is 8.18. The molecule has 2 aromatic rings. The van der Waals surface area contributed by atoms with Crippen LogP contribution < -0.4 is 5.32 Å². The first kappa shape index (κ1) is 14.7. The molecule has 1 saturated heterocycles. The third-order valence-corrected chi connectivity index (χ3v) is 4.47. The van der Waals surface area contributed by atoms with Gasteiger partial charge < -0.3 is 4.57 Å². The number of aromatic nitrogens is 1. The first-order valence-corrected chi connectivity index (χ1v) is 7.78. The van der Waals surface area contributed by atoms with E-state index in [1.165, 1.54) is 5.56 Å². The Morgan fingerprint density at radius 2 is 1.91 bits per heavy atom. The minimum absolute atomic E-state index is 0.316. The zero-order valence-corrected chi connectivity index (χ0v) is 13.5. The first-order chi connectivity index (χ1) is 10.5. The number of benzene rings is 1. The molecule has 1 aromatic heterocycles. The van der Waals surface area contributed by atoms with Gasteiger partial charge in [-0.15, -0.1) is 0 Å². The van der Waals surface area contributed by atoms with Gasteiger partial charge in [-0.1, -0.05) is 12.1 Å². The van der Waals surface area contributed by atoms with Crippen LogP contribution >= 0.6 is 11.8 Å². The van der Waals surface area contributed by atoms with E-state index in [2.05, 4.69) is 35.0 Å². The fourth-order valence-corrected chi connectivity index (χ4v) is 3.33. The van der Waals surface area contributed by atoms with Crippen LogP contribution in [-0.2, 0) is 4.79 Å². The summed E-state index contributed by atoms with van der Waals surface area (Å²) in [6.45, 7) is 6.11. The fraction of sp³-hybridized carbons (Fsp3) is 0.176. The van der Waals surface area contributed by atoms with Crippen LogP contribution in [0.3, 0.4) is 0 Å². The molecule has 1 N–H and O–H groups in total. The zero-order chi connectivity index (χ0) is 15.9. The molecule has 0 spiro atoms. The zero-order valence-electron chi connectivity index (χ0n) is 12.6. The van der Waals surface area contributed by atoms with Crippen molar-refractivity contribution >= 4 is 29.0 Å². The molecule has 4 nitrogen and oxygen atoms in total. The van der Waals surface area contributed by atoms with Gasteiger partial charge in [0.25, 0.3) is 11.1 Å². The van der Waals surface area contributed by atoms with Crippen LogP contribution in [0.2, 0.25) is 0 Å². The summed E-state index contributed by atoms with van der Waals surface area (Å²) in [5, 5.41) is 1.96. The smallest absolute Gasteiger partial charge is 0.290 e. The topological polar surface area (TPSA) is 51.1 Å². The number of nitrogens with one attached hydrogen (secondary N) is 1. The van der Waals surface area contributed by atoms with Crippen LogP contribution in [0.15, 0.2) is 35.2 Å². The number of hydrogen-bond acceptors (Lipinski definition) is 3. The van der Waals surface area contributed by atoms with Gasteiger partial charge in [0, 0.05) is 17.1 Å². The molecule has 22 heavy (non-hydrogen) atoms. The van der Waals surface area contributed by atoms with Crippen molar-refractivity contribution < 1.29 is 9.59 Å². The maximum absolute atomic E-state index is 11.7. The molecule has 1 fully saturated rings. The van der Waals surface area contributed by atoms with Crippen LogP contribution in [0, 0.1) is 20.8 Å². The van der Waals surface area contributed by atoms with E-state index in [4.69, 9.17) is 0 Å². The number of carbonyl (C=O) groups is 2. The second-order valence-corrected chi connectivity index (χ2v) is 6.37. The second kappa shape index (κ2) is 5.50. The van der Waals surface area contributed by atoms with Gasteiger partial charge in [-0.25, -0.2) is 0 Å². The maximum atomic E-state index is 11.7. The number of hydrogen-bond donors (Lipinski definition) is 1. The van der Waals surface area contributed by atoms with E-state index >= 15 is 0 Å². The van der Waals surface area contributed by atoms with Gasteiger partial charge >= 0.3 is 0 Å². The molecule has 1 aliphatic heterocycles. The lowest BCUT2D eigenvalue weighted by atomic mass is 10.2. The van der Waals surface area contributed by atoms with E-state index in [0.717, 1.165) is 34.4 Å². The average Bonchev–Trinajstić information content (AvgIpc) is 2.90. The Labute approximate surface area is 133 Å². The molecule has 0 atom stereocenters. The highest BCUT2D eigenvalue weighted by Crippen LogP contribution is 2.29. The first-order valence-electron chi connectivity index (χ1n) is 6.96. The predicted octanol–water partition coefficient (Wildman–Crippen LogP) is 3.73. The van der Waals surface area contributed by atoms with Gasteiger partial charge in [0.05, 0.1) is 4.91 Å². The van der Waals surface area contributed by atoms with Gasteiger partial charge in [0.15, 0.2) is 0 Å². The molecular weight excluding hydrogens is 296 g/mol. The van der Waals surface area contributed by atoms with Crippen molar-refractivity contribution in [2.75, 3.05) is 0 Å². The summed E-state index contributed by atoms with van der Waals surface area (Å²) in [7, 11) is 0. The van der Waals surface area contributed by atoms with Crippen molar-refractivity contribution in [2.45, 2.75) is 20.8 Å². The maximum Gasteiger partial charge on any atom is 0.290 e. The summed E-state index contributed by atoms with van der Waals surface area (Å²) in [6.07, 6.45) is 1.78. The number of rotatable bonds is 2.